The Morgan fingerprint density at radius 3 is 2.92 bits per heavy atom. The molecule has 4 heteroatoms. The van der Waals surface area contributed by atoms with Crippen LogP contribution in [-0.2, 0) is 6.61 Å². The smallest absolute Gasteiger partial charge is 0.118 e. The number of hydrogen-bond acceptors (Lipinski definition) is 4. The first-order valence-corrected chi connectivity index (χ1v) is 5.54. The second kappa shape index (κ2) is 4.17. The summed E-state index contributed by atoms with van der Waals surface area (Å²) in [5.74, 6) is 0.609. The van der Waals surface area contributed by atoms with Crippen LogP contribution in [0.1, 0.15) is 29.5 Å². The second-order valence-electron chi connectivity index (χ2n) is 3.35. The fourth-order valence-electron chi connectivity index (χ4n) is 1.70. The lowest BCUT2D eigenvalue weighted by molar-refractivity contribution is 0.280. The fourth-order valence-corrected chi connectivity index (χ4v) is 2.44. The lowest BCUT2D eigenvalue weighted by Gasteiger charge is -2.20. The van der Waals surface area contributed by atoms with Gasteiger partial charge >= 0.3 is 0 Å². The van der Waals surface area contributed by atoms with Gasteiger partial charge in [-0.1, -0.05) is 0 Å². The maximum atomic E-state index is 8.88. The predicted octanol–water partition coefficient (Wildman–Crippen LogP) is 1.10. The summed E-state index contributed by atoms with van der Waals surface area (Å²) >= 11 is 1.56. The van der Waals surface area contributed by atoms with Crippen molar-refractivity contribution in [2.75, 3.05) is 13.1 Å². The van der Waals surface area contributed by atoms with Crippen molar-refractivity contribution in [3.05, 3.63) is 16.1 Å². The van der Waals surface area contributed by atoms with Gasteiger partial charge in [0.15, 0.2) is 0 Å². The monoisotopic (exact) mass is 198 g/mol. The normalized spacial score (nSPS) is 19.2. The molecule has 13 heavy (non-hydrogen) atoms. The summed E-state index contributed by atoms with van der Waals surface area (Å²) in [7, 11) is 0. The van der Waals surface area contributed by atoms with E-state index in [1.165, 1.54) is 18.5 Å². The van der Waals surface area contributed by atoms with E-state index in [1.807, 2.05) is 0 Å². The summed E-state index contributed by atoms with van der Waals surface area (Å²) in [5, 5.41) is 15.1. The molecule has 2 rings (SSSR count). The average Bonchev–Trinajstić information content (AvgIpc) is 2.67. The van der Waals surface area contributed by atoms with E-state index in [0.717, 1.165) is 18.1 Å². The van der Waals surface area contributed by atoms with Crippen molar-refractivity contribution in [1.82, 2.24) is 10.3 Å². The number of hydrogen-bond donors (Lipinski definition) is 2. The summed E-state index contributed by atoms with van der Waals surface area (Å²) < 4.78 is 0. The van der Waals surface area contributed by atoms with Gasteiger partial charge in [0.05, 0.1) is 12.3 Å². The standard InChI is InChI=1S/C9H14N2OS/c12-5-9-11-8(6-13-9)7-1-3-10-4-2-7/h6-7,10,12H,1-5H2. The quantitative estimate of drug-likeness (QED) is 0.748. The molecule has 0 aromatic carbocycles. The minimum atomic E-state index is 0.0790. The Morgan fingerprint density at radius 1 is 1.54 bits per heavy atom. The van der Waals surface area contributed by atoms with Gasteiger partial charge in [0.2, 0.25) is 0 Å². The van der Waals surface area contributed by atoms with Gasteiger partial charge in [0, 0.05) is 11.3 Å². The van der Waals surface area contributed by atoms with Crippen molar-refractivity contribution in [3.63, 3.8) is 0 Å². The molecule has 0 amide bonds. The van der Waals surface area contributed by atoms with Crippen LogP contribution >= 0.6 is 11.3 Å². The third-order valence-corrected chi connectivity index (χ3v) is 3.31. The van der Waals surface area contributed by atoms with Gasteiger partial charge in [-0.2, -0.15) is 0 Å². The molecule has 0 unspecified atom stereocenters. The Labute approximate surface area is 81.8 Å². The van der Waals surface area contributed by atoms with E-state index in [2.05, 4.69) is 15.7 Å². The Balaban J connectivity index is 2.05. The van der Waals surface area contributed by atoms with Crippen LogP contribution in [-0.4, -0.2) is 23.2 Å². The first-order valence-electron chi connectivity index (χ1n) is 4.66. The summed E-state index contributed by atoms with van der Waals surface area (Å²) in [5.41, 5.74) is 1.18. The molecule has 1 aliphatic rings. The molecule has 1 fully saturated rings. The number of piperidine rings is 1. The van der Waals surface area contributed by atoms with Crippen molar-refractivity contribution < 1.29 is 5.11 Å². The number of aliphatic hydroxyl groups is 1. The van der Waals surface area contributed by atoms with Crippen LogP contribution in [0.4, 0.5) is 0 Å². The highest BCUT2D eigenvalue weighted by Gasteiger charge is 2.17. The molecule has 2 heterocycles. The largest absolute Gasteiger partial charge is 0.389 e. The minimum absolute atomic E-state index is 0.0790. The van der Waals surface area contributed by atoms with Gasteiger partial charge in [-0.25, -0.2) is 4.98 Å². The zero-order valence-corrected chi connectivity index (χ0v) is 8.31. The van der Waals surface area contributed by atoms with Crippen molar-refractivity contribution >= 4 is 11.3 Å². The summed E-state index contributed by atoms with van der Waals surface area (Å²) in [4.78, 5) is 4.39. The Hall–Kier alpha value is -0.450. The van der Waals surface area contributed by atoms with Crippen LogP contribution < -0.4 is 5.32 Å². The molecule has 72 valence electrons. The van der Waals surface area contributed by atoms with E-state index in [9.17, 15) is 0 Å². The summed E-state index contributed by atoms with van der Waals surface area (Å²) in [6, 6.07) is 0. The average molecular weight is 198 g/mol. The zero-order valence-electron chi connectivity index (χ0n) is 7.49. The number of rotatable bonds is 2. The molecule has 0 bridgehead atoms. The molecule has 0 atom stereocenters. The highest BCUT2D eigenvalue weighted by Crippen LogP contribution is 2.26. The third-order valence-electron chi connectivity index (χ3n) is 2.46. The maximum Gasteiger partial charge on any atom is 0.118 e. The van der Waals surface area contributed by atoms with E-state index in [4.69, 9.17) is 5.11 Å². The number of aromatic nitrogens is 1. The van der Waals surface area contributed by atoms with Crippen LogP contribution in [0.2, 0.25) is 0 Å². The Kier molecular flexibility index (Phi) is 2.93. The van der Waals surface area contributed by atoms with Gasteiger partial charge in [0.1, 0.15) is 5.01 Å². The van der Waals surface area contributed by atoms with Crippen LogP contribution in [0.25, 0.3) is 0 Å². The van der Waals surface area contributed by atoms with Crippen LogP contribution in [0.15, 0.2) is 5.38 Å². The highest BCUT2D eigenvalue weighted by atomic mass is 32.1. The van der Waals surface area contributed by atoms with Crippen LogP contribution in [0.3, 0.4) is 0 Å². The molecule has 0 aliphatic carbocycles. The van der Waals surface area contributed by atoms with Crippen molar-refractivity contribution in [2.45, 2.75) is 25.4 Å². The zero-order chi connectivity index (χ0) is 9.10. The van der Waals surface area contributed by atoms with Gasteiger partial charge in [-0.05, 0) is 25.9 Å². The first-order chi connectivity index (χ1) is 6.40. The van der Waals surface area contributed by atoms with Gasteiger partial charge in [-0.3, -0.25) is 0 Å². The van der Waals surface area contributed by atoms with Gasteiger partial charge in [-0.15, -0.1) is 11.3 Å². The van der Waals surface area contributed by atoms with E-state index in [-0.39, 0.29) is 6.61 Å². The molecule has 1 aromatic heterocycles. The summed E-state index contributed by atoms with van der Waals surface area (Å²) in [6.07, 6.45) is 2.35. The van der Waals surface area contributed by atoms with Crippen LogP contribution in [0.5, 0.6) is 0 Å². The van der Waals surface area contributed by atoms with E-state index in [1.54, 1.807) is 11.3 Å². The molecule has 3 nitrogen and oxygen atoms in total. The molecule has 1 aromatic rings. The second-order valence-corrected chi connectivity index (χ2v) is 4.29. The van der Waals surface area contributed by atoms with Crippen molar-refractivity contribution in [2.24, 2.45) is 0 Å². The molecule has 2 N–H and O–H groups in total. The van der Waals surface area contributed by atoms with E-state index < -0.39 is 0 Å². The van der Waals surface area contributed by atoms with Crippen molar-refractivity contribution in [3.8, 4) is 0 Å². The Morgan fingerprint density at radius 2 is 2.31 bits per heavy atom. The SMILES string of the molecule is OCc1nc(C2CCNCC2)cs1. The number of thiazole rings is 1. The first kappa shape index (κ1) is 9.12. The summed E-state index contributed by atoms with van der Waals surface area (Å²) in [6.45, 7) is 2.27. The van der Waals surface area contributed by atoms with E-state index in [0.29, 0.717) is 5.92 Å². The Bertz CT molecular complexity index is 268. The number of aliphatic hydroxyl groups excluding tert-OH is 1. The van der Waals surface area contributed by atoms with Gasteiger partial charge < -0.3 is 10.4 Å². The molecule has 1 aliphatic heterocycles. The fraction of sp³-hybridized carbons (Fsp3) is 0.667. The lowest BCUT2D eigenvalue weighted by Crippen LogP contribution is -2.26. The van der Waals surface area contributed by atoms with E-state index >= 15 is 0 Å². The molecule has 0 saturated carbocycles. The minimum Gasteiger partial charge on any atom is -0.389 e. The number of nitrogens with zero attached hydrogens (tertiary/aromatic N) is 1. The third kappa shape index (κ3) is 2.07. The predicted molar refractivity (Wildman–Crippen MR) is 52.9 cm³/mol. The molecular weight excluding hydrogens is 184 g/mol. The van der Waals surface area contributed by atoms with Crippen LogP contribution in [0, 0.1) is 0 Å². The number of nitrogens with one attached hydrogen (secondary N) is 1. The van der Waals surface area contributed by atoms with Crippen molar-refractivity contribution in [1.29, 1.82) is 0 Å². The maximum absolute atomic E-state index is 8.88. The highest BCUT2D eigenvalue weighted by molar-refractivity contribution is 7.09. The molecule has 0 radical (unpaired) electrons. The molecule has 0 spiro atoms. The van der Waals surface area contributed by atoms with Gasteiger partial charge in [0.25, 0.3) is 0 Å². The lowest BCUT2D eigenvalue weighted by atomic mass is 9.95. The molecular formula is C9H14N2OS. The molecule has 1 saturated heterocycles. The topological polar surface area (TPSA) is 45.2 Å².